The molecule has 104 valence electrons. The molecule has 0 saturated carbocycles. The topological polar surface area (TPSA) is 26.3 Å². The van der Waals surface area contributed by atoms with Gasteiger partial charge >= 0.3 is 0 Å². The third-order valence-electron chi connectivity index (χ3n) is 3.09. The molecule has 0 N–H and O–H groups in total. The lowest BCUT2D eigenvalue weighted by molar-refractivity contribution is 0.101. The third-order valence-corrected chi connectivity index (χ3v) is 3.74. The maximum atomic E-state index is 11.4. The van der Waals surface area contributed by atoms with Crippen LogP contribution >= 0.6 is 15.9 Å². The van der Waals surface area contributed by atoms with Crippen LogP contribution in [0.3, 0.4) is 0 Å². The van der Waals surface area contributed by atoms with Crippen LogP contribution in [0, 0.1) is 0 Å². The van der Waals surface area contributed by atoms with Gasteiger partial charge < -0.3 is 4.74 Å². The number of ether oxygens (including phenoxy) is 1. The van der Waals surface area contributed by atoms with Gasteiger partial charge in [0.2, 0.25) is 0 Å². The Bertz CT molecular complexity index is 633. The molecule has 0 aliphatic carbocycles. The standard InChI is InChI=1S/C17H17BrO2/c1-11(2)14-6-4-5-7-17(14)20-13-8-9-15(12(3)19)16(18)10-13/h4-11H,1-3H3. The van der Waals surface area contributed by atoms with E-state index in [1.54, 1.807) is 13.0 Å². The Hall–Kier alpha value is -1.61. The van der Waals surface area contributed by atoms with Crippen LogP contribution in [0.2, 0.25) is 0 Å². The van der Waals surface area contributed by atoms with Crippen LogP contribution in [-0.2, 0) is 0 Å². The maximum absolute atomic E-state index is 11.4. The minimum atomic E-state index is 0.0333. The van der Waals surface area contributed by atoms with Gasteiger partial charge in [-0.3, -0.25) is 4.79 Å². The zero-order valence-electron chi connectivity index (χ0n) is 11.8. The minimum Gasteiger partial charge on any atom is -0.457 e. The van der Waals surface area contributed by atoms with Gasteiger partial charge in [0, 0.05) is 10.0 Å². The molecule has 0 heterocycles. The van der Waals surface area contributed by atoms with Crippen LogP contribution in [0.4, 0.5) is 0 Å². The zero-order valence-corrected chi connectivity index (χ0v) is 13.4. The van der Waals surface area contributed by atoms with E-state index in [0.717, 1.165) is 16.0 Å². The van der Waals surface area contributed by atoms with E-state index >= 15 is 0 Å². The second-order valence-corrected chi connectivity index (χ2v) is 5.85. The summed E-state index contributed by atoms with van der Waals surface area (Å²) in [4.78, 5) is 11.4. The number of benzene rings is 2. The number of ketones is 1. The molecule has 2 nitrogen and oxygen atoms in total. The van der Waals surface area contributed by atoms with Gasteiger partial charge in [0.05, 0.1) is 0 Å². The average molecular weight is 333 g/mol. The smallest absolute Gasteiger partial charge is 0.160 e. The number of carbonyl (C=O) groups excluding carboxylic acids is 1. The largest absolute Gasteiger partial charge is 0.457 e. The Balaban J connectivity index is 2.31. The summed E-state index contributed by atoms with van der Waals surface area (Å²) in [6.07, 6.45) is 0. The first-order chi connectivity index (χ1) is 9.49. The summed E-state index contributed by atoms with van der Waals surface area (Å²) in [5.74, 6) is 2.00. The van der Waals surface area contributed by atoms with Crippen molar-refractivity contribution in [1.82, 2.24) is 0 Å². The highest BCUT2D eigenvalue weighted by Gasteiger charge is 2.10. The highest BCUT2D eigenvalue weighted by molar-refractivity contribution is 9.10. The number of halogens is 1. The first-order valence-electron chi connectivity index (χ1n) is 6.56. The lowest BCUT2D eigenvalue weighted by Crippen LogP contribution is -1.96. The highest BCUT2D eigenvalue weighted by Crippen LogP contribution is 2.32. The van der Waals surface area contributed by atoms with E-state index < -0.39 is 0 Å². The van der Waals surface area contributed by atoms with Crippen LogP contribution in [0.5, 0.6) is 11.5 Å². The molecule has 2 aromatic rings. The first-order valence-corrected chi connectivity index (χ1v) is 7.35. The molecular weight excluding hydrogens is 316 g/mol. The van der Waals surface area contributed by atoms with E-state index in [0.29, 0.717) is 11.5 Å². The summed E-state index contributed by atoms with van der Waals surface area (Å²) < 4.78 is 6.70. The number of para-hydroxylation sites is 1. The van der Waals surface area contributed by atoms with E-state index in [1.807, 2.05) is 30.3 Å². The molecule has 0 unspecified atom stereocenters. The van der Waals surface area contributed by atoms with Crippen molar-refractivity contribution < 1.29 is 9.53 Å². The molecule has 0 spiro atoms. The molecule has 0 bridgehead atoms. The predicted molar refractivity (Wildman–Crippen MR) is 84.8 cm³/mol. The van der Waals surface area contributed by atoms with Gasteiger partial charge in [0.1, 0.15) is 11.5 Å². The lowest BCUT2D eigenvalue weighted by atomic mass is 10.0. The molecule has 0 fully saturated rings. The van der Waals surface area contributed by atoms with E-state index in [2.05, 4.69) is 35.8 Å². The van der Waals surface area contributed by atoms with E-state index in [-0.39, 0.29) is 5.78 Å². The Morgan fingerprint density at radius 1 is 1.15 bits per heavy atom. The Kier molecular flexibility index (Phi) is 4.61. The fourth-order valence-corrected chi connectivity index (χ4v) is 2.66. The lowest BCUT2D eigenvalue weighted by Gasteiger charge is -2.14. The zero-order chi connectivity index (χ0) is 14.7. The van der Waals surface area contributed by atoms with E-state index in [4.69, 9.17) is 4.74 Å². The molecule has 3 heteroatoms. The molecule has 2 rings (SSSR count). The van der Waals surface area contributed by atoms with Crippen molar-refractivity contribution in [2.45, 2.75) is 26.7 Å². The van der Waals surface area contributed by atoms with Crippen molar-refractivity contribution in [3.8, 4) is 11.5 Å². The Labute approximate surface area is 127 Å². The van der Waals surface area contributed by atoms with Crippen molar-refractivity contribution >= 4 is 21.7 Å². The van der Waals surface area contributed by atoms with Gasteiger partial charge in [-0.25, -0.2) is 0 Å². The van der Waals surface area contributed by atoms with E-state index in [9.17, 15) is 4.79 Å². The fourth-order valence-electron chi connectivity index (χ4n) is 2.02. The van der Waals surface area contributed by atoms with Crippen molar-refractivity contribution in [1.29, 1.82) is 0 Å². The minimum absolute atomic E-state index is 0.0333. The molecule has 20 heavy (non-hydrogen) atoms. The summed E-state index contributed by atoms with van der Waals surface area (Å²) in [5, 5.41) is 0. The van der Waals surface area contributed by atoms with Crippen LogP contribution in [0.25, 0.3) is 0 Å². The summed E-state index contributed by atoms with van der Waals surface area (Å²) in [7, 11) is 0. The fraction of sp³-hybridized carbons (Fsp3) is 0.235. The van der Waals surface area contributed by atoms with Gasteiger partial charge in [-0.2, -0.15) is 0 Å². The van der Waals surface area contributed by atoms with Crippen LogP contribution in [-0.4, -0.2) is 5.78 Å². The number of carbonyl (C=O) groups is 1. The molecule has 0 aliphatic heterocycles. The van der Waals surface area contributed by atoms with Crippen molar-refractivity contribution in [3.63, 3.8) is 0 Å². The van der Waals surface area contributed by atoms with Crippen LogP contribution in [0.15, 0.2) is 46.9 Å². The highest BCUT2D eigenvalue weighted by atomic mass is 79.9. The maximum Gasteiger partial charge on any atom is 0.160 e. The Morgan fingerprint density at radius 2 is 1.85 bits per heavy atom. The second-order valence-electron chi connectivity index (χ2n) is 4.99. The summed E-state index contributed by atoms with van der Waals surface area (Å²) in [5.41, 5.74) is 1.83. The first kappa shape index (κ1) is 14.8. The Morgan fingerprint density at radius 3 is 2.45 bits per heavy atom. The van der Waals surface area contributed by atoms with Crippen LogP contribution in [0.1, 0.15) is 42.6 Å². The summed E-state index contributed by atoms with van der Waals surface area (Å²) >= 11 is 3.41. The molecule has 0 amide bonds. The van der Waals surface area contributed by atoms with Crippen molar-refractivity contribution in [3.05, 3.63) is 58.1 Å². The SMILES string of the molecule is CC(=O)c1ccc(Oc2ccccc2C(C)C)cc1Br. The predicted octanol–water partition coefficient (Wildman–Crippen LogP) is 5.57. The number of rotatable bonds is 4. The third kappa shape index (κ3) is 3.28. The van der Waals surface area contributed by atoms with Crippen molar-refractivity contribution in [2.75, 3.05) is 0 Å². The molecule has 0 atom stereocenters. The molecule has 0 radical (unpaired) electrons. The summed E-state index contributed by atoms with van der Waals surface area (Å²) in [6, 6.07) is 13.4. The van der Waals surface area contributed by atoms with Crippen LogP contribution < -0.4 is 4.74 Å². The summed E-state index contributed by atoms with van der Waals surface area (Å²) in [6.45, 7) is 5.82. The van der Waals surface area contributed by atoms with Gasteiger partial charge in [-0.15, -0.1) is 0 Å². The van der Waals surface area contributed by atoms with Gasteiger partial charge in [0.25, 0.3) is 0 Å². The van der Waals surface area contributed by atoms with Gasteiger partial charge in [0.15, 0.2) is 5.78 Å². The average Bonchev–Trinajstić information content (AvgIpc) is 2.38. The van der Waals surface area contributed by atoms with Gasteiger partial charge in [-0.05, 0) is 58.6 Å². The number of hydrogen-bond acceptors (Lipinski definition) is 2. The molecule has 0 aromatic heterocycles. The van der Waals surface area contributed by atoms with Crippen molar-refractivity contribution in [2.24, 2.45) is 0 Å². The van der Waals surface area contributed by atoms with Gasteiger partial charge in [-0.1, -0.05) is 32.0 Å². The molecule has 2 aromatic carbocycles. The molecule has 0 saturated heterocycles. The number of hydrogen-bond donors (Lipinski definition) is 0. The monoisotopic (exact) mass is 332 g/mol. The molecular formula is C17H17BrO2. The van der Waals surface area contributed by atoms with E-state index in [1.165, 1.54) is 5.56 Å². The molecule has 0 aliphatic rings. The quantitative estimate of drug-likeness (QED) is 0.684. The number of Topliss-reactive ketones (excluding diaryl/α,β-unsaturated/α-hetero) is 1. The second kappa shape index (κ2) is 6.23. The normalized spacial score (nSPS) is 10.7.